The van der Waals surface area contributed by atoms with Gasteiger partial charge in [-0.15, -0.1) is 0 Å². The second kappa shape index (κ2) is 20.2. The van der Waals surface area contributed by atoms with Crippen molar-refractivity contribution in [3.63, 3.8) is 0 Å². The number of carbonyl (C=O) groups is 5. The molecular formula is C50H67F2N11O5. The van der Waals surface area contributed by atoms with Gasteiger partial charge in [-0.25, -0.2) is 18.7 Å². The number of nitrogens with zero attached hydrogens (tertiary/aromatic N) is 8. The first-order valence-electron chi connectivity index (χ1n) is 24.1. The zero-order valence-electron chi connectivity index (χ0n) is 40.2. The average Bonchev–Trinajstić information content (AvgIpc) is 3.56. The lowest BCUT2D eigenvalue weighted by atomic mass is 9.60. The number of imide groups is 1. The number of halogens is 2. The molecule has 2 aromatic carbocycles. The second-order valence-electron chi connectivity index (χ2n) is 20.5. The number of likely N-dealkylation sites (N-methyl/N-ethyl adjacent to an activating group) is 3. The Bertz CT molecular complexity index is 2350. The zero-order chi connectivity index (χ0) is 48.4. The van der Waals surface area contributed by atoms with Crippen LogP contribution in [-0.4, -0.2) is 159 Å². The highest BCUT2D eigenvalue weighted by Crippen LogP contribution is 2.52. The normalized spacial score (nSPS) is 20.2. The monoisotopic (exact) mass is 940 g/mol. The van der Waals surface area contributed by atoms with Crippen LogP contribution in [0.5, 0.6) is 0 Å². The number of carbonyl (C=O) groups excluding carboxylic acids is 5. The van der Waals surface area contributed by atoms with Crippen molar-refractivity contribution in [2.24, 2.45) is 10.8 Å². The minimum atomic E-state index is -1.06. The van der Waals surface area contributed by atoms with Crippen LogP contribution < -0.4 is 30.7 Å². The first kappa shape index (κ1) is 48.9. The van der Waals surface area contributed by atoms with E-state index < -0.39 is 40.9 Å². The van der Waals surface area contributed by atoms with E-state index in [1.54, 1.807) is 23.4 Å². The predicted octanol–water partition coefficient (Wildman–Crippen LogP) is 4.34. The summed E-state index contributed by atoms with van der Waals surface area (Å²) in [6.45, 7) is 11.2. The van der Waals surface area contributed by atoms with Crippen molar-refractivity contribution in [3.05, 3.63) is 71.1 Å². The van der Waals surface area contributed by atoms with Crippen LogP contribution in [0.1, 0.15) is 91.5 Å². The number of hydrogen-bond acceptors (Lipinski definition) is 14. The first-order chi connectivity index (χ1) is 32.6. The molecule has 16 nitrogen and oxygen atoms in total. The summed E-state index contributed by atoms with van der Waals surface area (Å²) in [5.41, 5.74) is 1.69. The Morgan fingerprint density at radius 3 is 2.34 bits per heavy atom. The lowest BCUT2D eigenvalue weighted by Gasteiger charge is -2.61. The number of benzene rings is 2. The molecule has 8 rings (SSSR count). The minimum absolute atomic E-state index is 0.0524. The molecule has 0 radical (unpaired) electrons. The van der Waals surface area contributed by atoms with Crippen molar-refractivity contribution in [1.29, 1.82) is 0 Å². The molecule has 1 unspecified atom stereocenters. The summed E-state index contributed by atoms with van der Waals surface area (Å²) in [6.07, 6.45) is 8.55. The summed E-state index contributed by atoms with van der Waals surface area (Å²) in [6, 6.07) is 9.13. The van der Waals surface area contributed by atoms with Gasteiger partial charge in [-0.05, 0) is 95.7 Å². The Morgan fingerprint density at radius 1 is 0.926 bits per heavy atom. The maximum atomic E-state index is 15.8. The molecule has 4 fully saturated rings. The van der Waals surface area contributed by atoms with Crippen molar-refractivity contribution in [2.75, 3.05) is 107 Å². The Labute approximate surface area is 398 Å². The van der Waals surface area contributed by atoms with Crippen LogP contribution in [-0.2, 0) is 20.9 Å². The Balaban J connectivity index is 0.799. The van der Waals surface area contributed by atoms with E-state index in [4.69, 9.17) is 0 Å². The molecule has 3 N–H and O–H groups in total. The molecule has 366 valence electrons. The van der Waals surface area contributed by atoms with Gasteiger partial charge in [0.1, 0.15) is 48.2 Å². The molecule has 3 aromatic rings. The van der Waals surface area contributed by atoms with Crippen LogP contribution in [0.15, 0.2) is 42.7 Å². The maximum Gasteiger partial charge on any atom is 0.264 e. The van der Waals surface area contributed by atoms with Gasteiger partial charge in [0.15, 0.2) is 0 Å². The standard InChI is InChI=1S/C50H67F2N11O5/c1-48(2)11-16-59(17-12-48)29-34-24-38(52)41(25-37(34)51)61(21-23-65)32-50(54-4)13-18-60(19-14-50)43-26-42(56-33-57-43)55-15-20-58(5)35-27-49(28-35)30-62(31-49)39-9-6-8-36-44(39)47(68)63(46(36)67)40(10-7-22-64)45(66)53-3/h6,8-9,22-26,33,35,40,54H,7,10-21,27-32H2,1-5H3,(H,53,66)(H,55,56,57). The highest BCUT2D eigenvalue weighted by molar-refractivity contribution is 6.25. The van der Waals surface area contributed by atoms with Gasteiger partial charge in [-0.2, -0.15) is 0 Å². The van der Waals surface area contributed by atoms with E-state index in [2.05, 4.69) is 66.4 Å². The largest absolute Gasteiger partial charge is 0.370 e. The van der Waals surface area contributed by atoms with E-state index in [1.807, 2.05) is 19.2 Å². The van der Waals surface area contributed by atoms with Crippen molar-refractivity contribution >= 4 is 53.3 Å². The molecule has 3 amide bonds. The number of likely N-dealkylation sites (tertiary alicyclic amines) is 1. The number of hydrogen-bond donors (Lipinski definition) is 3. The summed E-state index contributed by atoms with van der Waals surface area (Å²) in [5, 5.41) is 9.47. The van der Waals surface area contributed by atoms with E-state index in [-0.39, 0.29) is 41.5 Å². The van der Waals surface area contributed by atoms with Gasteiger partial charge >= 0.3 is 0 Å². The van der Waals surface area contributed by atoms with Gasteiger partial charge in [-0.1, -0.05) is 19.9 Å². The van der Waals surface area contributed by atoms with Crippen molar-refractivity contribution in [3.8, 4) is 0 Å². The number of aromatic nitrogens is 2. The molecule has 1 saturated carbocycles. The third kappa shape index (κ3) is 10.1. The van der Waals surface area contributed by atoms with Gasteiger partial charge < -0.3 is 45.1 Å². The van der Waals surface area contributed by atoms with Gasteiger partial charge in [-0.3, -0.25) is 24.2 Å². The smallest absolute Gasteiger partial charge is 0.264 e. The quantitative estimate of drug-likeness (QED) is 0.108. The third-order valence-corrected chi connectivity index (χ3v) is 15.5. The lowest BCUT2D eigenvalue weighted by molar-refractivity contribution is -0.124. The molecule has 18 heteroatoms. The highest BCUT2D eigenvalue weighted by atomic mass is 19.1. The molecule has 1 spiro atoms. The zero-order valence-corrected chi connectivity index (χ0v) is 40.2. The Hall–Kier alpha value is -5.59. The lowest BCUT2D eigenvalue weighted by Crippen LogP contribution is -2.66. The van der Waals surface area contributed by atoms with Crippen LogP contribution in [0.3, 0.4) is 0 Å². The van der Waals surface area contributed by atoms with Crippen molar-refractivity contribution in [2.45, 2.75) is 89.4 Å². The molecule has 4 aliphatic heterocycles. The Morgan fingerprint density at radius 2 is 1.66 bits per heavy atom. The van der Waals surface area contributed by atoms with Gasteiger partial charge in [0.25, 0.3) is 11.8 Å². The van der Waals surface area contributed by atoms with Crippen LogP contribution >= 0.6 is 0 Å². The fourth-order valence-electron chi connectivity index (χ4n) is 11.1. The molecule has 3 saturated heterocycles. The molecule has 1 aliphatic carbocycles. The van der Waals surface area contributed by atoms with E-state index in [0.29, 0.717) is 74.7 Å². The Kier molecular flexibility index (Phi) is 14.5. The fourth-order valence-corrected chi connectivity index (χ4v) is 11.1. The number of fused-ring (bicyclic) bond motifs is 1. The molecule has 0 bridgehead atoms. The number of aldehydes is 2. The number of anilines is 4. The number of amides is 3. The number of piperidine rings is 2. The van der Waals surface area contributed by atoms with Crippen molar-refractivity contribution < 1.29 is 32.8 Å². The predicted molar refractivity (Wildman–Crippen MR) is 257 cm³/mol. The molecule has 5 heterocycles. The van der Waals surface area contributed by atoms with Gasteiger partial charge in [0, 0.05) is 101 Å². The highest BCUT2D eigenvalue weighted by Gasteiger charge is 2.55. The SMILES string of the molecule is CNC(=O)C(CCC=O)N1C(=O)c2cccc(N3CC4(CC(N(C)CCNc5cc(N6CCC(CN(CC=O)c7cc(F)c(CN8CCC(C)(C)CC8)cc7F)(NC)CC6)ncn5)C4)C3)c2C1=O. The molecular weight excluding hydrogens is 873 g/mol. The molecule has 68 heavy (non-hydrogen) atoms. The van der Waals surface area contributed by atoms with E-state index in [9.17, 15) is 24.0 Å². The van der Waals surface area contributed by atoms with Gasteiger partial charge in [0.05, 0.1) is 29.0 Å². The second-order valence-corrected chi connectivity index (χ2v) is 20.5. The third-order valence-electron chi connectivity index (χ3n) is 15.5. The number of nitrogens with one attached hydrogen (secondary N) is 3. The van der Waals surface area contributed by atoms with E-state index in [0.717, 1.165) is 81.2 Å². The maximum absolute atomic E-state index is 15.8. The first-order valence-corrected chi connectivity index (χ1v) is 24.1. The van der Waals surface area contributed by atoms with Crippen LogP contribution in [0.25, 0.3) is 0 Å². The number of rotatable bonds is 20. The van der Waals surface area contributed by atoms with E-state index in [1.165, 1.54) is 19.2 Å². The molecule has 5 aliphatic rings. The summed E-state index contributed by atoms with van der Waals surface area (Å²) in [4.78, 5) is 83.5. The summed E-state index contributed by atoms with van der Waals surface area (Å²) in [7, 11) is 5.46. The average molecular weight is 940 g/mol. The van der Waals surface area contributed by atoms with Crippen LogP contribution in [0.2, 0.25) is 0 Å². The summed E-state index contributed by atoms with van der Waals surface area (Å²) < 4.78 is 31.4. The van der Waals surface area contributed by atoms with Crippen LogP contribution in [0.4, 0.5) is 31.8 Å². The fraction of sp³-hybridized carbons (Fsp3) is 0.580. The minimum Gasteiger partial charge on any atom is -0.370 e. The van der Waals surface area contributed by atoms with Gasteiger partial charge in [0.2, 0.25) is 5.91 Å². The molecule has 1 atom stereocenters. The molecule has 1 aromatic heterocycles. The topological polar surface area (TPSA) is 167 Å². The van der Waals surface area contributed by atoms with Crippen LogP contribution in [0, 0.1) is 22.5 Å². The van der Waals surface area contributed by atoms with Crippen molar-refractivity contribution in [1.82, 2.24) is 35.3 Å². The summed E-state index contributed by atoms with van der Waals surface area (Å²) >= 11 is 0. The summed E-state index contributed by atoms with van der Waals surface area (Å²) in [5.74, 6) is -0.953. The van der Waals surface area contributed by atoms with E-state index >= 15 is 8.78 Å².